The molecule has 0 amide bonds. The third-order valence-corrected chi connectivity index (χ3v) is 6.29. The maximum Gasteiger partial charge on any atom is 0.211 e. The fourth-order valence-corrected chi connectivity index (χ4v) is 4.84. The lowest BCUT2D eigenvalue weighted by Gasteiger charge is -2.46. The molecule has 5 heteroatoms. The van der Waals surface area contributed by atoms with Crippen LogP contribution in [0.4, 0.5) is 0 Å². The van der Waals surface area contributed by atoms with Crippen LogP contribution >= 0.6 is 0 Å². The van der Waals surface area contributed by atoms with E-state index in [-0.39, 0.29) is 5.75 Å². The molecule has 3 aliphatic heterocycles. The van der Waals surface area contributed by atoms with Crippen molar-refractivity contribution in [3.8, 4) is 0 Å². The largest absolute Gasteiger partial charge is 0.331 e. The maximum atomic E-state index is 11.7. The highest BCUT2D eigenvalue weighted by molar-refractivity contribution is 7.89. The van der Waals surface area contributed by atoms with Crippen molar-refractivity contribution < 1.29 is 13.3 Å². The molecule has 106 valence electrons. The summed E-state index contributed by atoms with van der Waals surface area (Å²) in [7, 11) is -3.03. The van der Waals surface area contributed by atoms with Gasteiger partial charge in [0.25, 0.3) is 0 Å². The average molecular weight is 275 g/mol. The van der Waals surface area contributed by atoms with Crippen LogP contribution in [0.1, 0.15) is 39.5 Å². The minimum absolute atomic E-state index is 0.260. The van der Waals surface area contributed by atoms with E-state index in [1.54, 1.807) is 4.90 Å². The molecule has 3 rings (SSSR count). The monoisotopic (exact) mass is 275 g/mol. The van der Waals surface area contributed by atoms with Gasteiger partial charge in [-0.2, -0.15) is 0 Å². The highest BCUT2D eigenvalue weighted by Crippen LogP contribution is 2.28. The molecular formula is C13H27N2O2S+. The van der Waals surface area contributed by atoms with E-state index in [0.717, 1.165) is 11.8 Å². The van der Waals surface area contributed by atoms with Crippen molar-refractivity contribution >= 4 is 10.0 Å². The zero-order valence-corrected chi connectivity index (χ0v) is 12.4. The van der Waals surface area contributed by atoms with Gasteiger partial charge in [0.05, 0.1) is 25.4 Å². The molecule has 18 heavy (non-hydrogen) atoms. The third-order valence-electron chi connectivity index (χ3n) is 4.74. The maximum absolute atomic E-state index is 11.7. The number of fused-ring (bicyclic) bond motifs is 3. The van der Waals surface area contributed by atoms with Gasteiger partial charge in [0, 0.05) is 18.8 Å². The summed E-state index contributed by atoms with van der Waals surface area (Å²) in [4.78, 5) is 1.63. The summed E-state index contributed by atoms with van der Waals surface area (Å²) >= 11 is 0. The lowest BCUT2D eigenvalue weighted by molar-refractivity contribution is -0.945. The molecule has 1 unspecified atom stereocenters. The normalized spacial score (nSPS) is 35.9. The molecular weight excluding hydrogens is 248 g/mol. The lowest BCUT2D eigenvalue weighted by Crippen LogP contribution is -3.20. The number of hydrogen-bond donors (Lipinski definition) is 2. The van der Waals surface area contributed by atoms with Crippen LogP contribution in [0.25, 0.3) is 0 Å². The van der Waals surface area contributed by atoms with Crippen molar-refractivity contribution in [2.24, 2.45) is 11.8 Å². The standard InChI is InChI=1S/C13H26N2O2S/c1-3-7-18(16,17)14-9-13-8-12-5-6-15(13)10-11(12)4-2/h11-14H,3-10H2,1-2H3/p+1/t11-,12-,13+/m0/s1. The SMILES string of the molecule is CCCS(=O)(=O)NC[C@H]1C[C@@H]2CC[NH+]1C[C@@H]2CC. The Kier molecular flexibility index (Phi) is 4.67. The van der Waals surface area contributed by atoms with Gasteiger partial charge in [-0.3, -0.25) is 0 Å². The lowest BCUT2D eigenvalue weighted by atomic mass is 9.74. The van der Waals surface area contributed by atoms with Crippen molar-refractivity contribution in [3.63, 3.8) is 0 Å². The number of sulfonamides is 1. The molecule has 3 saturated heterocycles. The summed E-state index contributed by atoms with van der Waals surface area (Å²) in [5, 5.41) is 0. The van der Waals surface area contributed by atoms with E-state index in [1.165, 1.54) is 32.4 Å². The van der Waals surface area contributed by atoms with Crippen molar-refractivity contribution in [1.82, 2.24) is 4.72 Å². The molecule has 0 aliphatic carbocycles. The smallest absolute Gasteiger partial charge is 0.211 e. The van der Waals surface area contributed by atoms with E-state index >= 15 is 0 Å². The first-order valence-corrected chi connectivity index (χ1v) is 9.02. The Hall–Kier alpha value is -0.130. The van der Waals surface area contributed by atoms with Gasteiger partial charge in [-0.1, -0.05) is 13.8 Å². The van der Waals surface area contributed by atoms with Gasteiger partial charge in [0.1, 0.15) is 6.04 Å². The first kappa shape index (κ1) is 14.3. The second kappa shape index (κ2) is 5.88. The topological polar surface area (TPSA) is 50.6 Å². The third kappa shape index (κ3) is 3.25. The fourth-order valence-electron chi connectivity index (χ4n) is 3.70. The van der Waals surface area contributed by atoms with Crippen molar-refractivity contribution in [1.29, 1.82) is 0 Å². The molecule has 0 spiro atoms. The van der Waals surface area contributed by atoms with E-state index in [4.69, 9.17) is 0 Å². The van der Waals surface area contributed by atoms with E-state index < -0.39 is 10.0 Å². The molecule has 3 aliphatic rings. The van der Waals surface area contributed by atoms with E-state index in [2.05, 4.69) is 11.6 Å². The molecule has 0 saturated carbocycles. The summed E-state index contributed by atoms with van der Waals surface area (Å²) in [6, 6.07) is 0.512. The van der Waals surface area contributed by atoms with Crippen molar-refractivity contribution in [3.05, 3.63) is 0 Å². The van der Waals surface area contributed by atoms with Gasteiger partial charge in [-0.15, -0.1) is 0 Å². The summed E-state index contributed by atoms with van der Waals surface area (Å²) in [5.41, 5.74) is 0. The number of quaternary nitrogens is 1. The molecule has 3 fully saturated rings. The number of nitrogens with one attached hydrogen (secondary N) is 2. The van der Waals surface area contributed by atoms with Crippen LogP contribution in [0, 0.1) is 11.8 Å². The first-order valence-electron chi connectivity index (χ1n) is 7.37. The molecule has 4 atom stereocenters. The van der Waals surface area contributed by atoms with Gasteiger partial charge in [0.15, 0.2) is 0 Å². The summed E-state index contributed by atoms with van der Waals surface area (Å²) in [6.07, 6.45) is 4.52. The van der Waals surface area contributed by atoms with Crippen LogP contribution in [-0.2, 0) is 10.0 Å². The molecule has 2 bridgehead atoms. The molecule has 2 N–H and O–H groups in total. The average Bonchev–Trinajstić information content (AvgIpc) is 2.37. The van der Waals surface area contributed by atoms with Crippen LogP contribution in [0.3, 0.4) is 0 Å². The van der Waals surface area contributed by atoms with Gasteiger partial charge < -0.3 is 4.90 Å². The Bertz CT molecular complexity index is 369. The second-order valence-electron chi connectivity index (χ2n) is 5.93. The van der Waals surface area contributed by atoms with Crippen LogP contribution in [-0.4, -0.2) is 39.8 Å². The quantitative estimate of drug-likeness (QED) is 0.718. The summed E-state index contributed by atoms with van der Waals surface area (Å²) in [5.74, 6) is 1.97. The molecule has 0 aromatic rings. The molecule has 4 nitrogen and oxygen atoms in total. The summed E-state index contributed by atoms with van der Waals surface area (Å²) in [6.45, 7) is 7.32. The van der Waals surface area contributed by atoms with Gasteiger partial charge in [0.2, 0.25) is 10.0 Å². The van der Waals surface area contributed by atoms with Crippen LogP contribution in [0.5, 0.6) is 0 Å². The van der Waals surface area contributed by atoms with Crippen LogP contribution in [0.15, 0.2) is 0 Å². The number of piperidine rings is 3. The van der Waals surface area contributed by atoms with E-state index in [1.807, 2.05) is 6.92 Å². The Morgan fingerprint density at radius 2 is 2.11 bits per heavy atom. The van der Waals surface area contributed by atoms with Crippen molar-refractivity contribution in [2.75, 3.05) is 25.4 Å². The molecule has 0 aromatic carbocycles. The van der Waals surface area contributed by atoms with Gasteiger partial charge in [-0.05, 0) is 18.8 Å². The van der Waals surface area contributed by atoms with Gasteiger partial charge in [-0.25, -0.2) is 13.1 Å². The predicted molar refractivity (Wildman–Crippen MR) is 73.1 cm³/mol. The zero-order valence-electron chi connectivity index (χ0n) is 11.6. The minimum atomic E-state index is -3.03. The highest BCUT2D eigenvalue weighted by Gasteiger charge is 2.42. The highest BCUT2D eigenvalue weighted by atomic mass is 32.2. The minimum Gasteiger partial charge on any atom is -0.331 e. The van der Waals surface area contributed by atoms with E-state index in [0.29, 0.717) is 19.0 Å². The Balaban J connectivity index is 1.86. The molecule has 3 heterocycles. The number of rotatable bonds is 6. The van der Waals surface area contributed by atoms with Crippen LogP contribution < -0.4 is 9.62 Å². The Labute approximate surface area is 111 Å². The predicted octanol–water partition coefficient (Wildman–Crippen LogP) is 0.0191. The summed E-state index contributed by atoms with van der Waals surface area (Å²) < 4.78 is 26.2. The zero-order chi connectivity index (χ0) is 13.2. The Morgan fingerprint density at radius 3 is 2.67 bits per heavy atom. The number of hydrogen-bond acceptors (Lipinski definition) is 2. The fraction of sp³-hybridized carbons (Fsp3) is 1.00. The molecule has 0 radical (unpaired) electrons. The van der Waals surface area contributed by atoms with E-state index in [9.17, 15) is 8.42 Å². The Morgan fingerprint density at radius 1 is 1.33 bits per heavy atom. The van der Waals surface area contributed by atoms with Gasteiger partial charge >= 0.3 is 0 Å². The van der Waals surface area contributed by atoms with Crippen molar-refractivity contribution in [2.45, 2.75) is 45.6 Å². The van der Waals surface area contributed by atoms with Crippen LogP contribution in [0.2, 0.25) is 0 Å². The second-order valence-corrected chi connectivity index (χ2v) is 7.86. The first-order chi connectivity index (χ1) is 8.55. The molecule has 0 aromatic heterocycles.